The number of unbranched alkanes of at least 4 members (excludes halogenated alkanes) is 20. The highest BCUT2D eigenvalue weighted by molar-refractivity contribution is 6.54. The molecular weight excluding hydrogens is 666 g/mol. The molecule has 3 unspecified atom stereocenters. The Hall–Kier alpha value is -2.37. The van der Waals surface area contributed by atoms with Gasteiger partial charge in [-0.2, -0.15) is 4.61 Å². The largest absolute Gasteiger partial charge is 0.881 e. The summed E-state index contributed by atoms with van der Waals surface area (Å²) in [5, 5.41) is 4.92. The van der Waals surface area contributed by atoms with E-state index in [0.717, 1.165) is 12.8 Å². The molecule has 3 atom stereocenters. The summed E-state index contributed by atoms with van der Waals surface area (Å²) in [5.41, 5.74) is 3.94. The second kappa shape index (κ2) is 25.7. The molecule has 304 valence electrons. The predicted octanol–water partition coefficient (Wildman–Crippen LogP) is 16.6. The van der Waals surface area contributed by atoms with E-state index in [9.17, 15) is 0 Å². The minimum absolute atomic E-state index is 0.477. The number of nitrogens with zero attached hydrogens (tertiary/aromatic N) is 2. The Morgan fingerprint density at radius 2 is 0.870 bits per heavy atom. The second-order valence-electron chi connectivity index (χ2n) is 17.2. The van der Waals surface area contributed by atoms with Gasteiger partial charge in [-0.05, 0) is 59.1 Å². The molecule has 4 nitrogen and oxygen atoms in total. The lowest BCUT2D eigenvalue weighted by Crippen LogP contribution is -2.50. The minimum Gasteiger partial charge on any atom is -0.588 e. The van der Waals surface area contributed by atoms with Gasteiger partial charge in [0, 0.05) is 6.07 Å². The normalized spacial score (nSPS) is 16.9. The van der Waals surface area contributed by atoms with Crippen molar-refractivity contribution in [3.63, 3.8) is 0 Å². The van der Waals surface area contributed by atoms with Crippen LogP contribution >= 0.6 is 0 Å². The Labute approximate surface area is 331 Å². The van der Waals surface area contributed by atoms with Gasteiger partial charge in [0.05, 0.1) is 0 Å². The summed E-state index contributed by atoms with van der Waals surface area (Å²) in [5.74, 6) is 2.33. The lowest BCUT2D eigenvalue weighted by molar-refractivity contribution is -0.411. The number of hydrogen-bond acceptors (Lipinski definition) is 3. The summed E-state index contributed by atoms with van der Waals surface area (Å²) < 4.78 is 29.8. The predicted molar refractivity (Wildman–Crippen MR) is 229 cm³/mol. The van der Waals surface area contributed by atoms with Crippen molar-refractivity contribution < 1.29 is 18.2 Å². The monoisotopic (exact) mass is 747 g/mol. The van der Waals surface area contributed by atoms with E-state index in [4.69, 9.17) is 14.4 Å². The Bertz CT molecular complexity index is 1340. The molecule has 0 bridgehead atoms. The summed E-state index contributed by atoms with van der Waals surface area (Å²) in [7, 11) is 0. The third kappa shape index (κ3) is 15.3. The number of halogens is 1. The zero-order chi connectivity index (χ0) is 38.3. The van der Waals surface area contributed by atoms with Crippen LogP contribution < -0.4 is 9.31 Å². The molecule has 0 saturated heterocycles. The van der Waals surface area contributed by atoms with Crippen LogP contribution in [0.25, 0.3) is 0 Å². The van der Waals surface area contributed by atoms with Crippen molar-refractivity contribution in [3.05, 3.63) is 47.5 Å². The van der Waals surface area contributed by atoms with Gasteiger partial charge in [0.1, 0.15) is 11.5 Å². The van der Waals surface area contributed by atoms with Crippen molar-refractivity contribution in [2.75, 3.05) is 0 Å². The molecule has 4 rings (SSSR count). The van der Waals surface area contributed by atoms with Crippen molar-refractivity contribution in [1.29, 1.82) is 0 Å². The zero-order valence-corrected chi connectivity index (χ0v) is 35.5. The molecule has 0 aliphatic carbocycles. The first-order valence-corrected chi connectivity index (χ1v) is 23.5. The smallest absolute Gasteiger partial charge is 0.588 e. The average Bonchev–Trinajstić information content (AvgIpc) is 3.46. The molecule has 0 spiro atoms. The van der Waals surface area contributed by atoms with Gasteiger partial charge in [-0.15, -0.1) is 0 Å². The molecule has 0 N–H and O–H groups in total. The van der Waals surface area contributed by atoms with E-state index in [0.29, 0.717) is 34.7 Å². The van der Waals surface area contributed by atoms with Crippen LogP contribution in [-0.2, 0) is 12.8 Å². The van der Waals surface area contributed by atoms with E-state index in [-0.39, 0.29) is 0 Å². The highest BCUT2D eigenvalue weighted by atomic mass is 19.1. The third-order valence-electron chi connectivity index (χ3n) is 12.3. The summed E-state index contributed by atoms with van der Waals surface area (Å²) in [6, 6.07) is 12.4. The maximum absolute atomic E-state index is 16.5. The van der Waals surface area contributed by atoms with Crippen LogP contribution in [0.4, 0.5) is 15.7 Å². The maximum atomic E-state index is 16.5. The summed E-state index contributed by atoms with van der Waals surface area (Å²) in [4.78, 5) is 0. The van der Waals surface area contributed by atoms with Crippen LogP contribution in [0.5, 0.6) is 11.5 Å². The molecule has 54 heavy (non-hydrogen) atoms. The van der Waals surface area contributed by atoms with Crippen LogP contribution in [0.3, 0.4) is 0 Å². The topological polar surface area (TPSA) is 33.8 Å². The van der Waals surface area contributed by atoms with Gasteiger partial charge in [0.15, 0.2) is 5.69 Å². The molecule has 0 fully saturated rings. The summed E-state index contributed by atoms with van der Waals surface area (Å²) >= 11 is 0. The van der Waals surface area contributed by atoms with E-state index >= 15 is 4.32 Å². The third-order valence-corrected chi connectivity index (χ3v) is 12.3. The Balaban J connectivity index is 1.40. The van der Waals surface area contributed by atoms with E-state index in [2.05, 4.69) is 52.0 Å². The molecule has 2 aromatic carbocycles. The van der Waals surface area contributed by atoms with Crippen molar-refractivity contribution in [3.8, 4) is 11.5 Å². The highest BCUT2D eigenvalue weighted by Gasteiger charge is 2.61. The van der Waals surface area contributed by atoms with Gasteiger partial charge in [-0.25, -0.2) is 0 Å². The highest BCUT2D eigenvalue weighted by Crippen LogP contribution is 2.47. The second-order valence-corrected chi connectivity index (χ2v) is 17.2. The van der Waals surface area contributed by atoms with Gasteiger partial charge < -0.3 is 13.6 Å². The maximum Gasteiger partial charge on any atom is 0.881 e. The molecule has 6 heteroatoms. The summed E-state index contributed by atoms with van der Waals surface area (Å²) in [6.07, 6.45) is 39.4. The van der Waals surface area contributed by atoms with E-state index in [1.165, 1.54) is 196 Å². The van der Waals surface area contributed by atoms with Crippen molar-refractivity contribution in [2.45, 2.75) is 220 Å². The number of benzene rings is 2. The minimum atomic E-state index is -3.26. The van der Waals surface area contributed by atoms with Crippen molar-refractivity contribution >= 4 is 18.3 Å². The van der Waals surface area contributed by atoms with Crippen LogP contribution in [0.15, 0.2) is 41.5 Å². The first kappa shape index (κ1) is 44.4. The lowest BCUT2D eigenvalue weighted by Gasteiger charge is -2.26. The number of hydrogen-bond donors (Lipinski definition) is 0. The molecule has 2 aliphatic rings. The Morgan fingerprint density at radius 1 is 0.500 bits per heavy atom. The average molecular weight is 747 g/mol. The fourth-order valence-electron chi connectivity index (χ4n) is 8.90. The number of rotatable bonds is 32. The zero-order valence-electron chi connectivity index (χ0n) is 35.5. The van der Waals surface area contributed by atoms with Gasteiger partial charge >= 0.3 is 6.96 Å². The van der Waals surface area contributed by atoms with Crippen molar-refractivity contribution in [1.82, 2.24) is 0 Å². The van der Waals surface area contributed by atoms with Crippen LogP contribution in [0, 0.1) is 11.8 Å². The SMILES string of the molecule is CCCCCCCCCCC(CCCCCC)Cc1ccc2c(c1)N=[N+]1c3cc(CC(CCCCCC)CCCCCCCCCC)ccc3O[B-]1(F)O2. The lowest BCUT2D eigenvalue weighted by atomic mass is 9.88. The van der Waals surface area contributed by atoms with Crippen LogP contribution in [-0.4, -0.2) is 11.6 Å². The molecule has 0 saturated carbocycles. The molecule has 2 heterocycles. The Kier molecular flexibility index (Phi) is 21.1. The standard InChI is InChI=1S/C48H80BFN2O2/c1-5-9-13-17-19-21-23-27-31-41(29-25-15-11-7-3)37-43-33-35-47-45(39-43)51-52-46-40-44(34-36-48(46)54-49(52,50)53-47)38-42(30-26-16-12-8-4)32-28-24-22-20-18-14-10-6-2/h33-36,39-42H,5-32,37-38H2,1-4H3. The first-order valence-electron chi connectivity index (χ1n) is 23.5. The molecule has 0 aromatic heterocycles. The fourth-order valence-corrected chi connectivity index (χ4v) is 8.90. The number of fused-ring (bicyclic) bond motifs is 4. The van der Waals surface area contributed by atoms with E-state index < -0.39 is 6.96 Å². The number of azo groups is 1. The molecular formula is C48H80BFN2O2. The molecule has 2 aromatic rings. The van der Waals surface area contributed by atoms with Crippen LogP contribution in [0.2, 0.25) is 0 Å². The molecule has 0 amide bonds. The van der Waals surface area contributed by atoms with Gasteiger partial charge in [-0.3, -0.25) is 0 Å². The van der Waals surface area contributed by atoms with Crippen molar-refractivity contribution in [2.24, 2.45) is 17.0 Å². The van der Waals surface area contributed by atoms with Gasteiger partial charge in [-0.1, -0.05) is 220 Å². The van der Waals surface area contributed by atoms with Gasteiger partial charge in [0.2, 0.25) is 5.69 Å². The first-order chi connectivity index (χ1) is 26.5. The van der Waals surface area contributed by atoms with E-state index in [1.807, 2.05) is 12.1 Å². The quantitative estimate of drug-likeness (QED) is 0.0552. The fraction of sp³-hybridized carbons (Fsp3) is 0.750. The van der Waals surface area contributed by atoms with E-state index in [1.54, 1.807) is 0 Å². The summed E-state index contributed by atoms with van der Waals surface area (Å²) in [6.45, 7) is 5.90. The van der Waals surface area contributed by atoms with Gasteiger partial charge in [0.25, 0.3) is 0 Å². The molecule has 0 radical (unpaired) electrons. The Morgan fingerprint density at radius 3 is 1.33 bits per heavy atom. The van der Waals surface area contributed by atoms with Crippen LogP contribution in [0.1, 0.15) is 219 Å². The molecule has 2 aliphatic heterocycles.